The monoisotopic (exact) mass is 518 g/mol. The number of rotatable bonds is 6. The molecule has 4 aromatic rings. The summed E-state index contributed by atoms with van der Waals surface area (Å²) in [6, 6.07) is 21.7. The molecule has 0 spiro atoms. The third-order valence-corrected chi connectivity index (χ3v) is 8.19. The van der Waals surface area contributed by atoms with Gasteiger partial charge in [-0.05, 0) is 49.4 Å². The summed E-state index contributed by atoms with van der Waals surface area (Å²) in [5, 5.41) is 0.731. The van der Waals surface area contributed by atoms with Crippen molar-refractivity contribution in [1.82, 2.24) is 14.8 Å². The summed E-state index contributed by atoms with van der Waals surface area (Å²) in [4.78, 5) is 21.3. The number of aromatic nitrogens is 1. The van der Waals surface area contributed by atoms with Crippen LogP contribution in [0.15, 0.2) is 90.0 Å². The van der Waals surface area contributed by atoms with Gasteiger partial charge < -0.3 is 4.90 Å². The summed E-state index contributed by atoms with van der Waals surface area (Å²) < 4.78 is 42.8. The molecule has 1 aliphatic heterocycles. The molecule has 9 heteroatoms. The zero-order valence-corrected chi connectivity index (χ0v) is 21.2. The number of carbonyl (C=O) groups is 1. The molecule has 0 bridgehead atoms. The summed E-state index contributed by atoms with van der Waals surface area (Å²) in [5.74, 6) is -0.341. The van der Waals surface area contributed by atoms with Crippen LogP contribution in [0, 0.1) is 5.82 Å². The molecule has 7 nitrogen and oxygen atoms in total. The zero-order chi connectivity index (χ0) is 26.0. The fourth-order valence-corrected chi connectivity index (χ4v) is 5.93. The first kappa shape index (κ1) is 24.9. The highest BCUT2D eigenvalue weighted by molar-refractivity contribution is 7.93. The van der Waals surface area contributed by atoms with Gasteiger partial charge in [-0.25, -0.2) is 12.8 Å². The van der Waals surface area contributed by atoms with E-state index in [9.17, 15) is 17.6 Å². The van der Waals surface area contributed by atoms with Crippen LogP contribution in [0.5, 0.6) is 0 Å². The number of benzene rings is 3. The van der Waals surface area contributed by atoms with E-state index in [0.29, 0.717) is 48.5 Å². The Bertz CT molecular complexity index is 1530. The molecule has 0 aliphatic carbocycles. The van der Waals surface area contributed by atoms with E-state index in [1.165, 1.54) is 12.1 Å². The number of amides is 1. The lowest BCUT2D eigenvalue weighted by atomic mass is 10.1. The number of hydrogen-bond acceptors (Lipinski definition) is 5. The second-order valence-corrected chi connectivity index (χ2v) is 10.7. The average molecular weight is 519 g/mol. The Labute approximate surface area is 215 Å². The average Bonchev–Trinajstić information content (AvgIpc) is 2.92. The van der Waals surface area contributed by atoms with Crippen LogP contribution in [-0.2, 0) is 10.0 Å². The Kier molecular flexibility index (Phi) is 6.90. The second-order valence-electron chi connectivity index (χ2n) is 9.04. The molecule has 1 aromatic heterocycles. The molecule has 190 valence electrons. The number of carbonyl (C=O) groups excluding carboxylic acids is 1. The normalized spacial score (nSPS) is 15.5. The predicted molar refractivity (Wildman–Crippen MR) is 141 cm³/mol. The number of anilines is 1. The van der Waals surface area contributed by atoms with E-state index in [-0.39, 0.29) is 22.7 Å². The first-order chi connectivity index (χ1) is 17.8. The minimum atomic E-state index is -3.87. The zero-order valence-electron chi connectivity index (χ0n) is 20.3. The minimum absolute atomic E-state index is 0.0808. The molecule has 1 fully saturated rings. The number of sulfonamides is 1. The van der Waals surface area contributed by atoms with Crippen molar-refractivity contribution in [3.63, 3.8) is 0 Å². The van der Waals surface area contributed by atoms with Crippen molar-refractivity contribution in [2.45, 2.75) is 17.9 Å². The van der Waals surface area contributed by atoms with E-state index in [4.69, 9.17) is 0 Å². The van der Waals surface area contributed by atoms with Gasteiger partial charge in [-0.2, -0.15) is 0 Å². The predicted octanol–water partition coefficient (Wildman–Crippen LogP) is 4.69. The molecule has 1 unspecified atom stereocenters. The van der Waals surface area contributed by atoms with Crippen LogP contribution in [0.1, 0.15) is 28.9 Å². The summed E-state index contributed by atoms with van der Waals surface area (Å²) in [7, 11) is -3.87. The number of fused-ring (bicyclic) bond motifs is 1. The standard InChI is InChI=1S/C28H27FN4O3S/c1-20(24-8-2-3-9-25(24)29)32-16-18-33(19-17-32)28(34)22-11-13-23(14-12-22)31-37(35,36)26-10-4-6-21-7-5-15-30-27(21)26/h2-15,20,31H,16-19H2,1H3. The van der Waals surface area contributed by atoms with Crippen molar-refractivity contribution in [2.75, 3.05) is 30.9 Å². The number of nitrogens with zero attached hydrogens (tertiary/aromatic N) is 3. The van der Waals surface area contributed by atoms with E-state index >= 15 is 0 Å². The fourth-order valence-electron chi connectivity index (χ4n) is 4.69. The maximum Gasteiger partial charge on any atom is 0.264 e. The Hall–Kier alpha value is -3.82. The number of piperazine rings is 1. The Morgan fingerprint density at radius 2 is 1.62 bits per heavy atom. The lowest BCUT2D eigenvalue weighted by Crippen LogP contribution is -2.49. The van der Waals surface area contributed by atoms with E-state index in [1.807, 2.05) is 25.1 Å². The number of para-hydroxylation sites is 1. The molecule has 1 amide bonds. The van der Waals surface area contributed by atoms with E-state index in [0.717, 1.165) is 5.39 Å². The topological polar surface area (TPSA) is 82.6 Å². The Balaban J connectivity index is 1.23. The summed E-state index contributed by atoms with van der Waals surface area (Å²) in [6.07, 6.45) is 1.56. The second kappa shape index (κ2) is 10.3. The summed E-state index contributed by atoms with van der Waals surface area (Å²) >= 11 is 0. The number of halogens is 1. The lowest BCUT2D eigenvalue weighted by Gasteiger charge is -2.38. The van der Waals surface area contributed by atoms with Crippen molar-refractivity contribution < 1.29 is 17.6 Å². The molecule has 1 aliphatic rings. The lowest BCUT2D eigenvalue weighted by molar-refractivity contribution is 0.0579. The van der Waals surface area contributed by atoms with Crippen molar-refractivity contribution >= 4 is 32.5 Å². The highest BCUT2D eigenvalue weighted by Crippen LogP contribution is 2.26. The molecule has 1 N–H and O–H groups in total. The molecule has 3 aromatic carbocycles. The molecule has 0 radical (unpaired) electrons. The molecule has 1 saturated heterocycles. The quantitative estimate of drug-likeness (QED) is 0.400. The van der Waals surface area contributed by atoms with E-state index in [1.54, 1.807) is 59.6 Å². The maximum absolute atomic E-state index is 14.2. The van der Waals surface area contributed by atoms with Crippen LogP contribution >= 0.6 is 0 Å². The van der Waals surface area contributed by atoms with Crippen molar-refractivity contribution in [3.8, 4) is 0 Å². The van der Waals surface area contributed by atoms with Gasteiger partial charge in [0.1, 0.15) is 10.7 Å². The highest BCUT2D eigenvalue weighted by Gasteiger charge is 2.26. The maximum atomic E-state index is 14.2. The smallest absolute Gasteiger partial charge is 0.264 e. The van der Waals surface area contributed by atoms with Crippen LogP contribution in [-0.4, -0.2) is 55.3 Å². The van der Waals surface area contributed by atoms with Crippen LogP contribution in [0.2, 0.25) is 0 Å². The SMILES string of the molecule is CC(c1ccccc1F)N1CCN(C(=O)c2ccc(NS(=O)(=O)c3cccc4cccnc34)cc2)CC1. The van der Waals surface area contributed by atoms with Crippen LogP contribution in [0.3, 0.4) is 0 Å². The van der Waals surface area contributed by atoms with E-state index < -0.39 is 10.0 Å². The number of nitrogens with one attached hydrogen (secondary N) is 1. The number of hydrogen-bond donors (Lipinski definition) is 1. The molecule has 2 heterocycles. The molecule has 5 rings (SSSR count). The van der Waals surface area contributed by atoms with E-state index in [2.05, 4.69) is 14.6 Å². The molecular weight excluding hydrogens is 491 g/mol. The first-order valence-electron chi connectivity index (χ1n) is 12.1. The van der Waals surface area contributed by atoms with Gasteiger partial charge in [0.2, 0.25) is 0 Å². The van der Waals surface area contributed by atoms with Crippen molar-refractivity contribution in [2.24, 2.45) is 0 Å². The molecular formula is C28H27FN4O3S. The van der Waals surface area contributed by atoms with Crippen LogP contribution in [0.25, 0.3) is 10.9 Å². The minimum Gasteiger partial charge on any atom is -0.336 e. The van der Waals surface area contributed by atoms with Gasteiger partial charge in [-0.1, -0.05) is 36.4 Å². The van der Waals surface area contributed by atoms with Crippen molar-refractivity contribution in [3.05, 3.63) is 102 Å². The first-order valence-corrected chi connectivity index (χ1v) is 13.6. The van der Waals surface area contributed by atoms with Gasteiger partial charge in [0.25, 0.3) is 15.9 Å². The van der Waals surface area contributed by atoms with Gasteiger partial charge in [0.05, 0.1) is 5.52 Å². The Morgan fingerprint density at radius 3 is 2.35 bits per heavy atom. The van der Waals surface area contributed by atoms with Gasteiger partial charge >= 0.3 is 0 Å². The van der Waals surface area contributed by atoms with Crippen molar-refractivity contribution in [1.29, 1.82) is 0 Å². The van der Waals surface area contributed by atoms with Crippen LogP contribution in [0.4, 0.5) is 10.1 Å². The third-order valence-electron chi connectivity index (χ3n) is 6.77. The van der Waals surface area contributed by atoms with Gasteiger partial charge in [-0.3, -0.25) is 19.4 Å². The highest BCUT2D eigenvalue weighted by atomic mass is 32.2. The summed E-state index contributed by atoms with van der Waals surface area (Å²) in [6.45, 7) is 4.31. The third kappa shape index (κ3) is 5.19. The van der Waals surface area contributed by atoms with Crippen LogP contribution < -0.4 is 4.72 Å². The van der Waals surface area contributed by atoms with Gasteiger partial charge in [-0.15, -0.1) is 0 Å². The Morgan fingerprint density at radius 1 is 0.919 bits per heavy atom. The van der Waals surface area contributed by atoms with Gasteiger partial charge in [0, 0.05) is 60.6 Å². The van der Waals surface area contributed by atoms with Gasteiger partial charge in [0.15, 0.2) is 0 Å². The fraction of sp³-hybridized carbons (Fsp3) is 0.214. The largest absolute Gasteiger partial charge is 0.336 e. The number of pyridine rings is 1. The summed E-state index contributed by atoms with van der Waals surface area (Å²) in [5.41, 5.74) is 1.88. The molecule has 1 atom stereocenters. The molecule has 0 saturated carbocycles. The molecule has 37 heavy (non-hydrogen) atoms.